The number of aromatic hydroxyl groups is 1. The van der Waals surface area contributed by atoms with Gasteiger partial charge in [0.05, 0.1) is 53.3 Å². The first-order chi connectivity index (χ1) is 25.6. The second-order valence-corrected chi connectivity index (χ2v) is 14.5. The predicted octanol–water partition coefficient (Wildman–Crippen LogP) is 7.30. The first-order valence-corrected chi connectivity index (χ1v) is 18.2. The smallest absolute Gasteiger partial charge is 0.260 e. The summed E-state index contributed by atoms with van der Waals surface area (Å²) in [5, 5.41) is 13.5. The lowest BCUT2D eigenvalue weighted by Gasteiger charge is -2.50. The highest BCUT2D eigenvalue weighted by molar-refractivity contribution is 6.36. The molecule has 4 aromatic carbocycles. The van der Waals surface area contributed by atoms with Crippen molar-refractivity contribution in [2.45, 2.75) is 31.1 Å². The van der Waals surface area contributed by atoms with Gasteiger partial charge in [-0.3, -0.25) is 29.5 Å². The van der Waals surface area contributed by atoms with Crippen LogP contribution in [0.3, 0.4) is 0 Å². The Labute approximate surface area is 315 Å². The van der Waals surface area contributed by atoms with Crippen LogP contribution in [-0.4, -0.2) is 47.5 Å². The van der Waals surface area contributed by atoms with Gasteiger partial charge in [-0.2, -0.15) is 5.01 Å². The van der Waals surface area contributed by atoms with Gasteiger partial charge in [-0.25, -0.2) is 0 Å². The van der Waals surface area contributed by atoms with E-state index in [1.54, 1.807) is 85.8 Å². The van der Waals surface area contributed by atoms with Crippen LogP contribution >= 0.6 is 23.2 Å². The Bertz CT molecular complexity index is 2190. The Kier molecular flexibility index (Phi) is 8.70. The second kappa shape index (κ2) is 13.3. The van der Waals surface area contributed by atoms with Gasteiger partial charge in [-0.15, -0.1) is 0 Å². The van der Waals surface area contributed by atoms with Crippen LogP contribution in [0.4, 0.5) is 11.4 Å². The Morgan fingerprint density at radius 1 is 0.887 bits per heavy atom. The number of anilines is 2. The van der Waals surface area contributed by atoms with Gasteiger partial charge in [0, 0.05) is 16.5 Å². The number of hydrogen-bond acceptors (Lipinski definition) is 8. The maximum Gasteiger partial charge on any atom is 0.260 e. The zero-order chi connectivity index (χ0) is 37.2. The third-order valence-electron chi connectivity index (χ3n) is 11.2. The monoisotopic (exact) mass is 751 g/mol. The molecule has 4 amide bonds. The maximum absolute atomic E-state index is 15.4. The summed E-state index contributed by atoms with van der Waals surface area (Å²) in [4.78, 5) is 60.1. The Morgan fingerprint density at radius 2 is 1.64 bits per heavy atom. The van der Waals surface area contributed by atoms with Gasteiger partial charge in [0.2, 0.25) is 11.8 Å². The number of fused-ring (bicyclic) bond motifs is 4. The molecule has 0 spiro atoms. The molecule has 2 aliphatic carbocycles. The fourth-order valence-electron chi connectivity index (χ4n) is 9.06. The molecule has 4 aliphatic rings. The highest BCUT2D eigenvalue weighted by Crippen LogP contribution is 2.65. The normalized spacial score (nSPS) is 26.2. The molecule has 10 nitrogen and oxygen atoms in total. The fourth-order valence-corrected chi connectivity index (χ4v) is 9.51. The molecule has 1 saturated carbocycles. The number of halogens is 2. The van der Waals surface area contributed by atoms with Crippen LogP contribution in [-0.2, 0) is 24.6 Å². The molecular formula is C41H35Cl2N3O7. The lowest BCUT2D eigenvalue weighted by Crippen LogP contribution is -2.53. The molecule has 2 saturated heterocycles. The molecule has 270 valence electrons. The van der Waals surface area contributed by atoms with Crippen molar-refractivity contribution < 1.29 is 33.8 Å². The van der Waals surface area contributed by atoms with E-state index in [2.05, 4.69) is 5.43 Å². The minimum Gasteiger partial charge on any atom is -0.504 e. The molecule has 2 N–H and O–H groups in total. The molecular weight excluding hydrogens is 717 g/mol. The number of methoxy groups -OCH3 is 1. The standard InChI is InChI=1S/C41H35Cl2N3O7/c1-3-53-33-11-7-10-28(36(33)47)35-26-17-18-27-34(39(50)45(37(27)48)24-8-5-4-6-9-24)29(26)21-30-38(49)46(44-32-19-14-23(42)20-31(32)43)40(51)41(30,35)22-12-15-25(52-2)16-13-22/h4-17,19-20,27,29-30,34-35,44,47H,3,18,21H2,1-2H3/t27-,29+,30-,34-,35+,41+/m0/s1. The van der Waals surface area contributed by atoms with E-state index in [1.807, 2.05) is 12.1 Å². The lowest BCUT2D eigenvalue weighted by atomic mass is 9.49. The Morgan fingerprint density at radius 3 is 2.34 bits per heavy atom. The summed E-state index contributed by atoms with van der Waals surface area (Å²) in [5.74, 6) is -5.28. The number of carbonyl (C=O) groups is 4. The average molecular weight is 753 g/mol. The number of phenolic OH excluding ortho intramolecular Hbond substituents is 1. The van der Waals surface area contributed by atoms with Crippen molar-refractivity contribution in [2.24, 2.45) is 23.7 Å². The fraction of sp³-hybridized carbons (Fsp3) is 0.268. The molecule has 8 rings (SSSR count). The van der Waals surface area contributed by atoms with E-state index in [4.69, 9.17) is 32.7 Å². The summed E-state index contributed by atoms with van der Waals surface area (Å²) >= 11 is 12.7. The SMILES string of the molecule is CCOc1cccc([C@H]2C3=CC[C@@H]4C(=O)N(c5ccccc5)C(=O)[C@@H]4[C@@H]3C[C@H]3C(=O)N(Nc4ccc(Cl)cc4Cl)C(=O)[C@@]23c2ccc(OC)cc2)c1O. The first kappa shape index (κ1) is 34.7. The summed E-state index contributed by atoms with van der Waals surface area (Å²) in [6, 6.07) is 25.6. The average Bonchev–Trinajstić information content (AvgIpc) is 3.54. The summed E-state index contributed by atoms with van der Waals surface area (Å²) in [6.07, 6.45) is 2.26. The number of phenols is 1. The maximum atomic E-state index is 15.4. The quantitative estimate of drug-likeness (QED) is 0.142. The van der Waals surface area contributed by atoms with Gasteiger partial charge in [0.15, 0.2) is 11.5 Å². The number of nitrogens with one attached hydrogen (secondary N) is 1. The van der Waals surface area contributed by atoms with Gasteiger partial charge in [0.25, 0.3) is 11.8 Å². The van der Waals surface area contributed by atoms with E-state index in [1.165, 1.54) is 18.1 Å². The highest BCUT2D eigenvalue weighted by atomic mass is 35.5. The van der Waals surface area contributed by atoms with E-state index in [9.17, 15) is 19.5 Å². The molecule has 0 aromatic heterocycles. The van der Waals surface area contributed by atoms with Crippen LogP contribution in [0.2, 0.25) is 10.0 Å². The van der Waals surface area contributed by atoms with Gasteiger partial charge in [-0.1, -0.05) is 77.3 Å². The topological polar surface area (TPSA) is 125 Å². The number of hydrogen-bond donors (Lipinski definition) is 2. The van der Waals surface area contributed by atoms with Crippen molar-refractivity contribution in [1.82, 2.24) is 5.01 Å². The van der Waals surface area contributed by atoms with Crippen LogP contribution in [0.25, 0.3) is 0 Å². The molecule has 6 atom stereocenters. The number of ether oxygens (including phenoxy) is 2. The third-order valence-corrected chi connectivity index (χ3v) is 11.8. The molecule has 3 fully saturated rings. The minimum atomic E-state index is -1.63. The van der Waals surface area contributed by atoms with Crippen molar-refractivity contribution >= 4 is 58.2 Å². The van der Waals surface area contributed by atoms with E-state index in [0.29, 0.717) is 33.2 Å². The minimum absolute atomic E-state index is 0.0835. The van der Waals surface area contributed by atoms with Gasteiger partial charge < -0.3 is 14.6 Å². The largest absolute Gasteiger partial charge is 0.504 e. The van der Waals surface area contributed by atoms with Crippen LogP contribution < -0.4 is 19.8 Å². The van der Waals surface area contributed by atoms with Crippen LogP contribution in [0.15, 0.2) is 103 Å². The number of imide groups is 2. The number of carbonyl (C=O) groups excluding carboxylic acids is 4. The molecule has 53 heavy (non-hydrogen) atoms. The predicted molar refractivity (Wildman–Crippen MR) is 199 cm³/mol. The van der Waals surface area contributed by atoms with Crippen LogP contribution in [0, 0.1) is 23.7 Å². The van der Waals surface area contributed by atoms with E-state index in [-0.39, 0.29) is 53.5 Å². The first-order valence-electron chi connectivity index (χ1n) is 17.4. The van der Waals surface area contributed by atoms with E-state index >= 15 is 4.79 Å². The summed E-state index contributed by atoms with van der Waals surface area (Å²) in [6.45, 7) is 2.07. The highest BCUT2D eigenvalue weighted by Gasteiger charge is 2.70. The number of rotatable bonds is 8. The van der Waals surface area contributed by atoms with E-state index < -0.39 is 46.8 Å². The summed E-state index contributed by atoms with van der Waals surface area (Å²) in [7, 11) is 1.54. The van der Waals surface area contributed by atoms with Crippen molar-refractivity contribution in [3.63, 3.8) is 0 Å². The second-order valence-electron chi connectivity index (χ2n) is 13.7. The number of hydrazine groups is 1. The van der Waals surface area contributed by atoms with Crippen molar-refractivity contribution in [2.75, 3.05) is 24.0 Å². The molecule has 4 aromatic rings. The molecule has 0 radical (unpaired) electrons. The summed E-state index contributed by atoms with van der Waals surface area (Å²) < 4.78 is 11.3. The zero-order valence-electron chi connectivity index (χ0n) is 28.8. The number of amides is 4. The van der Waals surface area contributed by atoms with Crippen LogP contribution in [0.5, 0.6) is 17.2 Å². The van der Waals surface area contributed by atoms with Gasteiger partial charge in [-0.05, 0) is 79.8 Å². The lowest BCUT2D eigenvalue weighted by molar-refractivity contribution is -0.138. The van der Waals surface area contributed by atoms with Crippen molar-refractivity contribution in [1.29, 1.82) is 0 Å². The molecule has 12 heteroatoms. The van der Waals surface area contributed by atoms with E-state index in [0.717, 1.165) is 5.01 Å². The Hall–Kier alpha value is -5.32. The molecule has 0 bridgehead atoms. The molecule has 2 aliphatic heterocycles. The van der Waals surface area contributed by atoms with Crippen molar-refractivity contribution in [3.05, 3.63) is 124 Å². The van der Waals surface area contributed by atoms with Crippen LogP contribution in [0.1, 0.15) is 36.8 Å². The number of nitrogens with zero attached hydrogens (tertiary/aromatic N) is 2. The third kappa shape index (κ3) is 5.21. The number of allylic oxidation sites excluding steroid dienone is 2. The molecule has 2 heterocycles. The molecule has 0 unspecified atom stereocenters. The Balaban J connectivity index is 1.36. The van der Waals surface area contributed by atoms with Crippen molar-refractivity contribution in [3.8, 4) is 17.2 Å². The van der Waals surface area contributed by atoms with Gasteiger partial charge in [0.1, 0.15) is 5.75 Å². The number of para-hydroxylation sites is 2. The summed E-state index contributed by atoms with van der Waals surface area (Å²) in [5.41, 5.74) is 3.68. The number of benzene rings is 4. The zero-order valence-corrected chi connectivity index (χ0v) is 30.3. The van der Waals surface area contributed by atoms with Gasteiger partial charge >= 0.3 is 0 Å².